The van der Waals surface area contributed by atoms with Crippen LogP contribution in [0.5, 0.6) is 5.75 Å². The van der Waals surface area contributed by atoms with Gasteiger partial charge in [0, 0.05) is 24.8 Å². The lowest BCUT2D eigenvalue weighted by molar-refractivity contribution is -0.147. The monoisotopic (exact) mass is 360 g/mol. The van der Waals surface area contributed by atoms with E-state index in [1.807, 2.05) is 12.1 Å². The molecule has 7 heteroatoms. The SMILES string of the molecule is O=C(COc1ccc(N2CCCC2=O)cc1)OCc1ccnc(Cl)c1. The van der Waals surface area contributed by atoms with Gasteiger partial charge >= 0.3 is 5.97 Å². The molecule has 2 heterocycles. The lowest BCUT2D eigenvalue weighted by atomic mass is 10.3. The van der Waals surface area contributed by atoms with E-state index in [0.717, 1.165) is 24.2 Å². The molecule has 0 bridgehead atoms. The Morgan fingerprint density at radius 3 is 2.72 bits per heavy atom. The molecule has 1 saturated heterocycles. The standard InChI is InChI=1S/C18H17ClN2O4/c19-16-10-13(7-8-20-16)11-25-18(23)12-24-15-5-3-14(4-6-15)21-9-1-2-17(21)22/h3-8,10H,1-2,9,11-12H2. The second kappa shape index (κ2) is 7.98. The van der Waals surface area contributed by atoms with Crippen LogP contribution in [0.15, 0.2) is 42.6 Å². The quantitative estimate of drug-likeness (QED) is 0.585. The first-order valence-corrected chi connectivity index (χ1v) is 8.29. The molecule has 2 aromatic rings. The molecule has 25 heavy (non-hydrogen) atoms. The average molecular weight is 361 g/mol. The van der Waals surface area contributed by atoms with Crippen molar-refractivity contribution in [1.29, 1.82) is 0 Å². The van der Waals surface area contributed by atoms with E-state index in [4.69, 9.17) is 21.1 Å². The van der Waals surface area contributed by atoms with Crippen molar-refractivity contribution in [1.82, 2.24) is 4.98 Å². The van der Waals surface area contributed by atoms with Gasteiger partial charge in [-0.15, -0.1) is 0 Å². The fraction of sp³-hybridized carbons (Fsp3) is 0.278. The van der Waals surface area contributed by atoms with Crippen LogP contribution >= 0.6 is 11.6 Å². The van der Waals surface area contributed by atoms with Crippen molar-refractivity contribution in [3.05, 3.63) is 53.3 Å². The molecule has 1 aromatic carbocycles. The Kier molecular flexibility index (Phi) is 5.50. The number of esters is 1. The fourth-order valence-corrected chi connectivity index (χ4v) is 2.72. The number of anilines is 1. The van der Waals surface area contributed by atoms with Crippen molar-refractivity contribution in [2.75, 3.05) is 18.1 Å². The zero-order chi connectivity index (χ0) is 17.6. The van der Waals surface area contributed by atoms with E-state index in [0.29, 0.717) is 17.3 Å². The maximum atomic E-state index is 11.7. The van der Waals surface area contributed by atoms with Crippen molar-refractivity contribution >= 4 is 29.2 Å². The van der Waals surface area contributed by atoms with E-state index in [9.17, 15) is 9.59 Å². The Morgan fingerprint density at radius 2 is 2.04 bits per heavy atom. The fourth-order valence-electron chi connectivity index (χ4n) is 2.52. The van der Waals surface area contributed by atoms with Gasteiger partial charge in [-0.05, 0) is 48.4 Å². The van der Waals surface area contributed by atoms with Crippen LogP contribution in [-0.2, 0) is 20.9 Å². The summed E-state index contributed by atoms with van der Waals surface area (Å²) in [4.78, 5) is 29.1. The van der Waals surface area contributed by atoms with E-state index in [1.54, 1.807) is 35.4 Å². The van der Waals surface area contributed by atoms with Crippen LogP contribution in [0.3, 0.4) is 0 Å². The highest BCUT2D eigenvalue weighted by atomic mass is 35.5. The summed E-state index contributed by atoms with van der Waals surface area (Å²) in [5.74, 6) is 0.194. The maximum absolute atomic E-state index is 11.7. The lowest BCUT2D eigenvalue weighted by Crippen LogP contribution is -2.23. The molecule has 0 saturated carbocycles. The van der Waals surface area contributed by atoms with Gasteiger partial charge in [0.05, 0.1) is 0 Å². The Bertz CT molecular complexity index is 764. The molecule has 1 fully saturated rings. The molecule has 1 amide bonds. The number of ether oxygens (including phenoxy) is 2. The van der Waals surface area contributed by atoms with Crippen molar-refractivity contribution < 1.29 is 19.1 Å². The van der Waals surface area contributed by atoms with Gasteiger partial charge in [0.2, 0.25) is 5.91 Å². The lowest BCUT2D eigenvalue weighted by Gasteiger charge is -2.16. The van der Waals surface area contributed by atoms with Crippen molar-refractivity contribution in [2.45, 2.75) is 19.4 Å². The second-order valence-corrected chi connectivity index (χ2v) is 5.97. The molecule has 0 unspecified atom stereocenters. The Morgan fingerprint density at radius 1 is 1.24 bits per heavy atom. The van der Waals surface area contributed by atoms with Gasteiger partial charge in [-0.25, -0.2) is 9.78 Å². The highest BCUT2D eigenvalue weighted by molar-refractivity contribution is 6.29. The molecule has 3 rings (SSSR count). The molecule has 1 aliphatic heterocycles. The molecule has 0 radical (unpaired) electrons. The molecule has 0 N–H and O–H groups in total. The van der Waals surface area contributed by atoms with Gasteiger partial charge in [-0.1, -0.05) is 11.6 Å². The van der Waals surface area contributed by atoms with Gasteiger partial charge in [0.25, 0.3) is 0 Å². The van der Waals surface area contributed by atoms with E-state index in [2.05, 4.69) is 4.98 Å². The van der Waals surface area contributed by atoms with Crippen LogP contribution in [0.2, 0.25) is 5.15 Å². The number of amides is 1. The first-order chi connectivity index (χ1) is 12.1. The minimum absolute atomic E-state index is 0.112. The minimum atomic E-state index is -0.480. The number of hydrogen-bond donors (Lipinski definition) is 0. The molecule has 0 aliphatic carbocycles. The van der Waals surface area contributed by atoms with Crippen molar-refractivity contribution in [2.24, 2.45) is 0 Å². The van der Waals surface area contributed by atoms with Gasteiger partial charge in [-0.3, -0.25) is 4.79 Å². The van der Waals surface area contributed by atoms with Gasteiger partial charge < -0.3 is 14.4 Å². The molecule has 130 valence electrons. The summed E-state index contributed by atoms with van der Waals surface area (Å²) in [6, 6.07) is 10.4. The third-order valence-corrected chi connectivity index (χ3v) is 3.98. The summed E-state index contributed by atoms with van der Waals surface area (Å²) in [7, 11) is 0. The normalized spacial score (nSPS) is 13.8. The Balaban J connectivity index is 1.46. The number of hydrogen-bond acceptors (Lipinski definition) is 5. The summed E-state index contributed by atoms with van der Waals surface area (Å²) in [6.45, 7) is 0.658. The van der Waals surface area contributed by atoms with Crippen molar-refractivity contribution in [3.63, 3.8) is 0 Å². The first-order valence-electron chi connectivity index (χ1n) is 7.91. The molecule has 0 atom stereocenters. The number of aromatic nitrogens is 1. The summed E-state index contributed by atoms with van der Waals surface area (Å²) < 4.78 is 10.5. The van der Waals surface area contributed by atoms with Crippen LogP contribution in [0.1, 0.15) is 18.4 Å². The molecular weight excluding hydrogens is 344 g/mol. The molecule has 6 nitrogen and oxygen atoms in total. The Hall–Kier alpha value is -2.60. The summed E-state index contributed by atoms with van der Waals surface area (Å²) in [6.07, 6.45) is 3.02. The van der Waals surface area contributed by atoms with Crippen LogP contribution in [-0.4, -0.2) is 30.0 Å². The average Bonchev–Trinajstić information content (AvgIpc) is 3.05. The number of halogens is 1. The summed E-state index contributed by atoms with van der Waals surface area (Å²) >= 11 is 5.77. The summed E-state index contributed by atoms with van der Waals surface area (Å²) in [5.41, 5.74) is 1.60. The van der Waals surface area contributed by atoms with E-state index < -0.39 is 5.97 Å². The minimum Gasteiger partial charge on any atom is -0.482 e. The number of benzene rings is 1. The van der Waals surface area contributed by atoms with E-state index in [-0.39, 0.29) is 19.1 Å². The smallest absolute Gasteiger partial charge is 0.344 e. The van der Waals surface area contributed by atoms with Gasteiger partial charge in [-0.2, -0.15) is 0 Å². The predicted octanol–water partition coefficient (Wildman–Crippen LogP) is 2.98. The van der Waals surface area contributed by atoms with Gasteiger partial charge in [0.1, 0.15) is 17.5 Å². The molecule has 1 aromatic heterocycles. The highest BCUT2D eigenvalue weighted by Crippen LogP contribution is 2.23. The molecule has 1 aliphatic rings. The number of nitrogens with zero attached hydrogens (tertiary/aromatic N) is 2. The zero-order valence-corrected chi connectivity index (χ0v) is 14.2. The number of pyridine rings is 1. The molecular formula is C18H17ClN2O4. The van der Waals surface area contributed by atoms with Gasteiger partial charge in [0.15, 0.2) is 6.61 Å². The highest BCUT2D eigenvalue weighted by Gasteiger charge is 2.21. The first kappa shape index (κ1) is 17.2. The van der Waals surface area contributed by atoms with Crippen LogP contribution in [0, 0.1) is 0 Å². The number of carbonyl (C=O) groups is 2. The van der Waals surface area contributed by atoms with E-state index >= 15 is 0 Å². The maximum Gasteiger partial charge on any atom is 0.344 e. The number of carbonyl (C=O) groups excluding carboxylic acids is 2. The second-order valence-electron chi connectivity index (χ2n) is 5.58. The van der Waals surface area contributed by atoms with Crippen molar-refractivity contribution in [3.8, 4) is 5.75 Å². The number of rotatable bonds is 6. The largest absolute Gasteiger partial charge is 0.482 e. The van der Waals surface area contributed by atoms with Crippen LogP contribution in [0.25, 0.3) is 0 Å². The predicted molar refractivity (Wildman–Crippen MR) is 92.6 cm³/mol. The van der Waals surface area contributed by atoms with Crippen LogP contribution < -0.4 is 9.64 Å². The topological polar surface area (TPSA) is 68.7 Å². The zero-order valence-electron chi connectivity index (χ0n) is 13.5. The third kappa shape index (κ3) is 4.70. The summed E-state index contributed by atoms with van der Waals surface area (Å²) in [5, 5.41) is 0.348. The molecule has 0 spiro atoms. The Labute approximate surface area is 150 Å². The van der Waals surface area contributed by atoms with Crippen LogP contribution in [0.4, 0.5) is 5.69 Å². The van der Waals surface area contributed by atoms with E-state index in [1.165, 1.54) is 0 Å². The third-order valence-electron chi connectivity index (χ3n) is 3.77.